The van der Waals surface area contributed by atoms with Crippen molar-refractivity contribution < 1.29 is 4.74 Å². The van der Waals surface area contributed by atoms with Crippen LogP contribution in [-0.2, 0) is 4.74 Å². The van der Waals surface area contributed by atoms with Crippen LogP contribution in [-0.4, -0.2) is 52.4 Å². The van der Waals surface area contributed by atoms with Crippen LogP contribution in [0, 0.1) is 0 Å². The van der Waals surface area contributed by atoms with Gasteiger partial charge in [-0.1, -0.05) is 6.92 Å². The predicted molar refractivity (Wildman–Crippen MR) is 87.5 cm³/mol. The highest BCUT2D eigenvalue weighted by molar-refractivity contribution is 5.85. The van der Waals surface area contributed by atoms with Gasteiger partial charge in [0.1, 0.15) is 6.33 Å². The molecule has 0 radical (unpaired) electrons. The summed E-state index contributed by atoms with van der Waals surface area (Å²) >= 11 is 0. The molecule has 3 rings (SSSR count). The van der Waals surface area contributed by atoms with E-state index in [-0.39, 0.29) is 6.04 Å². The molecule has 0 saturated carbocycles. The third kappa shape index (κ3) is 2.72. The lowest BCUT2D eigenvalue weighted by molar-refractivity contribution is 0.121. The van der Waals surface area contributed by atoms with E-state index >= 15 is 0 Å². The fourth-order valence-corrected chi connectivity index (χ4v) is 2.73. The summed E-state index contributed by atoms with van der Waals surface area (Å²) < 4.78 is 7.65. The van der Waals surface area contributed by atoms with E-state index in [0.717, 1.165) is 62.2 Å². The zero-order valence-corrected chi connectivity index (χ0v) is 13.5. The standard InChI is InChI=1S/C15H24N6O/c1-4-5-16-13-12-14(18-10-17-13)21(11(2)3)15(19-12)20-6-8-22-9-7-20/h10-11H,4-9H2,1-3H3,(H,16,17,18). The first kappa shape index (κ1) is 15.0. The van der Waals surface area contributed by atoms with E-state index in [2.05, 4.69) is 45.5 Å². The molecular formula is C15H24N6O. The molecule has 1 N–H and O–H groups in total. The van der Waals surface area contributed by atoms with Crippen molar-refractivity contribution in [2.75, 3.05) is 43.1 Å². The molecular weight excluding hydrogens is 280 g/mol. The molecule has 1 aliphatic rings. The predicted octanol–water partition coefficient (Wildman–Crippen LogP) is 2.07. The minimum atomic E-state index is 0.289. The Morgan fingerprint density at radius 1 is 1.27 bits per heavy atom. The van der Waals surface area contributed by atoms with Crippen molar-refractivity contribution in [1.82, 2.24) is 19.5 Å². The zero-order chi connectivity index (χ0) is 15.5. The van der Waals surface area contributed by atoms with E-state index < -0.39 is 0 Å². The van der Waals surface area contributed by atoms with Crippen LogP contribution in [0.25, 0.3) is 11.2 Å². The number of nitrogens with zero attached hydrogens (tertiary/aromatic N) is 5. The molecule has 0 unspecified atom stereocenters. The molecule has 0 atom stereocenters. The average molecular weight is 304 g/mol. The average Bonchev–Trinajstić information content (AvgIpc) is 2.94. The Kier molecular flexibility index (Phi) is 4.42. The number of nitrogens with one attached hydrogen (secondary N) is 1. The van der Waals surface area contributed by atoms with Crippen LogP contribution in [0.15, 0.2) is 6.33 Å². The summed E-state index contributed by atoms with van der Waals surface area (Å²) in [7, 11) is 0. The van der Waals surface area contributed by atoms with Gasteiger partial charge in [-0.2, -0.15) is 0 Å². The first-order chi connectivity index (χ1) is 10.7. The Hall–Kier alpha value is -1.89. The Balaban J connectivity index is 2.08. The topological polar surface area (TPSA) is 68.1 Å². The fourth-order valence-electron chi connectivity index (χ4n) is 2.73. The number of imidazole rings is 1. The van der Waals surface area contributed by atoms with Gasteiger partial charge in [-0.15, -0.1) is 0 Å². The maximum Gasteiger partial charge on any atom is 0.208 e. The highest BCUT2D eigenvalue weighted by atomic mass is 16.5. The van der Waals surface area contributed by atoms with E-state index in [1.807, 2.05) is 0 Å². The summed E-state index contributed by atoms with van der Waals surface area (Å²) in [5, 5.41) is 3.35. The number of hydrogen-bond acceptors (Lipinski definition) is 6. The zero-order valence-electron chi connectivity index (χ0n) is 13.5. The fraction of sp³-hybridized carbons (Fsp3) is 0.667. The lowest BCUT2D eigenvalue weighted by atomic mass is 10.3. The second-order valence-electron chi connectivity index (χ2n) is 5.80. The third-order valence-electron chi connectivity index (χ3n) is 3.81. The number of aromatic nitrogens is 4. The molecule has 0 amide bonds. The molecule has 1 aliphatic heterocycles. The second-order valence-corrected chi connectivity index (χ2v) is 5.80. The van der Waals surface area contributed by atoms with E-state index in [0.29, 0.717) is 0 Å². The van der Waals surface area contributed by atoms with Crippen molar-refractivity contribution >= 4 is 22.9 Å². The Labute approximate surface area is 130 Å². The van der Waals surface area contributed by atoms with Gasteiger partial charge in [0, 0.05) is 25.7 Å². The number of morpholine rings is 1. The Morgan fingerprint density at radius 2 is 2.05 bits per heavy atom. The summed E-state index contributed by atoms with van der Waals surface area (Å²) in [6.45, 7) is 10.5. The minimum absolute atomic E-state index is 0.289. The molecule has 22 heavy (non-hydrogen) atoms. The SMILES string of the molecule is CCCNc1ncnc2c1nc(N1CCOCC1)n2C(C)C. The van der Waals surface area contributed by atoms with Crippen LogP contribution in [0.3, 0.4) is 0 Å². The van der Waals surface area contributed by atoms with Crippen molar-refractivity contribution in [2.24, 2.45) is 0 Å². The number of fused-ring (bicyclic) bond motifs is 1. The van der Waals surface area contributed by atoms with Gasteiger partial charge in [-0.25, -0.2) is 15.0 Å². The number of hydrogen-bond donors (Lipinski definition) is 1. The van der Waals surface area contributed by atoms with Crippen LogP contribution < -0.4 is 10.2 Å². The van der Waals surface area contributed by atoms with Gasteiger partial charge < -0.3 is 15.0 Å². The molecule has 1 saturated heterocycles. The van der Waals surface area contributed by atoms with E-state index in [1.165, 1.54) is 0 Å². The number of rotatable bonds is 5. The number of ether oxygens (including phenoxy) is 1. The first-order valence-corrected chi connectivity index (χ1v) is 8.02. The maximum atomic E-state index is 5.45. The summed E-state index contributed by atoms with van der Waals surface area (Å²) in [6.07, 6.45) is 2.66. The highest BCUT2D eigenvalue weighted by Gasteiger charge is 2.23. The summed E-state index contributed by atoms with van der Waals surface area (Å²) in [5.41, 5.74) is 1.75. The van der Waals surface area contributed by atoms with Crippen molar-refractivity contribution in [1.29, 1.82) is 0 Å². The molecule has 0 aliphatic carbocycles. The lowest BCUT2D eigenvalue weighted by Crippen LogP contribution is -2.38. The normalized spacial score (nSPS) is 15.7. The molecule has 0 spiro atoms. The molecule has 2 aromatic rings. The van der Waals surface area contributed by atoms with E-state index in [1.54, 1.807) is 6.33 Å². The highest BCUT2D eigenvalue weighted by Crippen LogP contribution is 2.29. The van der Waals surface area contributed by atoms with Gasteiger partial charge in [0.25, 0.3) is 0 Å². The smallest absolute Gasteiger partial charge is 0.208 e. The third-order valence-corrected chi connectivity index (χ3v) is 3.81. The maximum absolute atomic E-state index is 5.45. The van der Waals surface area contributed by atoms with Gasteiger partial charge >= 0.3 is 0 Å². The van der Waals surface area contributed by atoms with Gasteiger partial charge in [0.05, 0.1) is 13.2 Å². The van der Waals surface area contributed by atoms with Crippen LogP contribution in [0.1, 0.15) is 33.2 Å². The van der Waals surface area contributed by atoms with Crippen LogP contribution in [0.2, 0.25) is 0 Å². The van der Waals surface area contributed by atoms with Crippen molar-refractivity contribution in [3.05, 3.63) is 6.33 Å². The van der Waals surface area contributed by atoms with Gasteiger partial charge in [-0.05, 0) is 20.3 Å². The molecule has 0 bridgehead atoms. The monoisotopic (exact) mass is 304 g/mol. The molecule has 1 fully saturated rings. The lowest BCUT2D eigenvalue weighted by Gasteiger charge is -2.29. The van der Waals surface area contributed by atoms with E-state index in [9.17, 15) is 0 Å². The van der Waals surface area contributed by atoms with Crippen molar-refractivity contribution in [3.63, 3.8) is 0 Å². The molecule has 7 nitrogen and oxygen atoms in total. The van der Waals surface area contributed by atoms with Gasteiger partial charge in [-0.3, -0.25) is 4.57 Å². The second kappa shape index (κ2) is 6.48. The summed E-state index contributed by atoms with van der Waals surface area (Å²) in [5.74, 6) is 1.79. The summed E-state index contributed by atoms with van der Waals surface area (Å²) in [6, 6.07) is 0.289. The van der Waals surface area contributed by atoms with Crippen LogP contribution >= 0.6 is 0 Å². The van der Waals surface area contributed by atoms with Crippen LogP contribution in [0.4, 0.5) is 11.8 Å². The molecule has 2 aromatic heterocycles. The Bertz CT molecular complexity index is 632. The summed E-state index contributed by atoms with van der Waals surface area (Å²) in [4.78, 5) is 16.0. The molecule has 7 heteroatoms. The molecule has 0 aromatic carbocycles. The van der Waals surface area contributed by atoms with Crippen molar-refractivity contribution in [2.45, 2.75) is 33.2 Å². The Morgan fingerprint density at radius 3 is 2.73 bits per heavy atom. The van der Waals surface area contributed by atoms with Gasteiger partial charge in [0.15, 0.2) is 17.0 Å². The minimum Gasteiger partial charge on any atom is -0.378 e. The number of anilines is 2. The quantitative estimate of drug-likeness (QED) is 0.912. The first-order valence-electron chi connectivity index (χ1n) is 8.02. The van der Waals surface area contributed by atoms with E-state index in [4.69, 9.17) is 9.72 Å². The van der Waals surface area contributed by atoms with Crippen molar-refractivity contribution in [3.8, 4) is 0 Å². The molecule has 120 valence electrons. The largest absolute Gasteiger partial charge is 0.378 e. The molecule has 3 heterocycles. The van der Waals surface area contributed by atoms with Gasteiger partial charge in [0.2, 0.25) is 5.95 Å². The van der Waals surface area contributed by atoms with Crippen LogP contribution in [0.5, 0.6) is 0 Å².